The fourth-order valence-electron chi connectivity index (χ4n) is 1.70. The van der Waals surface area contributed by atoms with Crippen molar-refractivity contribution in [1.82, 2.24) is 15.5 Å². The van der Waals surface area contributed by atoms with Crippen molar-refractivity contribution in [3.05, 3.63) is 34.9 Å². The van der Waals surface area contributed by atoms with Gasteiger partial charge in [0.2, 0.25) is 0 Å². The van der Waals surface area contributed by atoms with Crippen molar-refractivity contribution in [2.75, 3.05) is 33.7 Å². The first kappa shape index (κ1) is 20.5. The molecule has 0 aliphatic rings. The Bertz CT molecular complexity index is 407. The largest absolute Gasteiger partial charge is 0.357 e. The van der Waals surface area contributed by atoms with Crippen molar-refractivity contribution in [3.63, 3.8) is 0 Å². The van der Waals surface area contributed by atoms with Gasteiger partial charge in [-0.25, -0.2) is 4.99 Å². The van der Waals surface area contributed by atoms with Crippen molar-refractivity contribution in [2.45, 2.75) is 19.9 Å². The molecule has 0 aliphatic heterocycles. The van der Waals surface area contributed by atoms with Gasteiger partial charge in [0.1, 0.15) is 0 Å². The molecule has 0 fully saturated rings. The summed E-state index contributed by atoms with van der Waals surface area (Å²) in [6.45, 7) is 5.58. The first-order valence-electron chi connectivity index (χ1n) is 7.03. The Labute approximate surface area is 150 Å². The lowest BCUT2D eigenvalue weighted by Crippen LogP contribution is -2.38. The van der Waals surface area contributed by atoms with Gasteiger partial charge >= 0.3 is 0 Å². The highest BCUT2D eigenvalue weighted by Gasteiger charge is 1.98. The minimum Gasteiger partial charge on any atom is -0.357 e. The number of benzene rings is 1. The maximum Gasteiger partial charge on any atom is 0.191 e. The van der Waals surface area contributed by atoms with Crippen LogP contribution in [0.1, 0.15) is 18.9 Å². The highest BCUT2D eigenvalue weighted by molar-refractivity contribution is 14.0. The molecule has 120 valence electrons. The van der Waals surface area contributed by atoms with Crippen LogP contribution < -0.4 is 10.6 Å². The molecular weight excluding hydrogens is 399 g/mol. The number of hydrogen-bond donors (Lipinski definition) is 2. The molecule has 0 bridgehead atoms. The van der Waals surface area contributed by atoms with E-state index in [1.165, 1.54) is 0 Å². The summed E-state index contributed by atoms with van der Waals surface area (Å²) in [5.41, 5.74) is 1.15. The standard InChI is InChI=1S/C15H25ClN4.HI/c1-4-17-15(18-10-5-11-20(2)3)19-12-13-6-8-14(16)9-7-13;/h6-9H,4-5,10-12H2,1-3H3,(H2,17,18,19);1H. The molecule has 0 saturated heterocycles. The van der Waals surface area contributed by atoms with Gasteiger partial charge in [0.25, 0.3) is 0 Å². The van der Waals surface area contributed by atoms with Crippen LogP contribution in [0.5, 0.6) is 0 Å². The van der Waals surface area contributed by atoms with Gasteiger partial charge in [0.15, 0.2) is 5.96 Å². The van der Waals surface area contributed by atoms with Crippen molar-refractivity contribution >= 4 is 41.5 Å². The lowest BCUT2D eigenvalue weighted by atomic mass is 10.2. The van der Waals surface area contributed by atoms with Gasteiger partial charge in [-0.3, -0.25) is 0 Å². The van der Waals surface area contributed by atoms with E-state index in [0.29, 0.717) is 6.54 Å². The van der Waals surface area contributed by atoms with Crippen LogP contribution in [0.2, 0.25) is 5.02 Å². The van der Waals surface area contributed by atoms with E-state index in [1.807, 2.05) is 24.3 Å². The molecule has 0 atom stereocenters. The molecular formula is C15H26ClIN4. The van der Waals surface area contributed by atoms with Gasteiger partial charge < -0.3 is 15.5 Å². The summed E-state index contributed by atoms with van der Waals surface area (Å²) in [6, 6.07) is 7.79. The molecule has 0 saturated carbocycles. The van der Waals surface area contributed by atoms with Crippen LogP contribution in [0, 0.1) is 0 Å². The third kappa shape index (κ3) is 9.92. The summed E-state index contributed by atoms with van der Waals surface area (Å²) < 4.78 is 0. The molecule has 0 aliphatic carbocycles. The van der Waals surface area contributed by atoms with E-state index in [0.717, 1.165) is 42.6 Å². The summed E-state index contributed by atoms with van der Waals surface area (Å²) in [5.74, 6) is 0.862. The second kappa shape index (κ2) is 12.1. The number of hydrogen-bond acceptors (Lipinski definition) is 2. The van der Waals surface area contributed by atoms with E-state index in [9.17, 15) is 0 Å². The Morgan fingerprint density at radius 1 is 1.19 bits per heavy atom. The molecule has 21 heavy (non-hydrogen) atoms. The van der Waals surface area contributed by atoms with Crippen molar-refractivity contribution in [3.8, 4) is 0 Å². The van der Waals surface area contributed by atoms with E-state index < -0.39 is 0 Å². The number of guanidine groups is 1. The number of aliphatic imine (C=N–C) groups is 1. The Morgan fingerprint density at radius 3 is 2.43 bits per heavy atom. The maximum absolute atomic E-state index is 5.87. The summed E-state index contributed by atoms with van der Waals surface area (Å²) in [4.78, 5) is 6.75. The van der Waals surface area contributed by atoms with Crippen LogP contribution >= 0.6 is 35.6 Å². The summed E-state index contributed by atoms with van der Waals surface area (Å²) in [6.07, 6.45) is 1.10. The number of nitrogens with zero attached hydrogens (tertiary/aromatic N) is 2. The average molecular weight is 425 g/mol. The SMILES string of the molecule is CCNC(=NCc1ccc(Cl)cc1)NCCCN(C)C.I. The molecule has 1 aromatic carbocycles. The Hall–Kier alpha value is -0.530. The molecule has 1 aromatic rings. The van der Waals surface area contributed by atoms with Crippen LogP contribution in [0.4, 0.5) is 0 Å². The maximum atomic E-state index is 5.87. The molecule has 4 nitrogen and oxygen atoms in total. The van der Waals surface area contributed by atoms with Gasteiger partial charge in [-0.2, -0.15) is 0 Å². The fourth-order valence-corrected chi connectivity index (χ4v) is 1.83. The summed E-state index contributed by atoms with van der Waals surface area (Å²) in [7, 11) is 4.17. The topological polar surface area (TPSA) is 39.7 Å². The predicted octanol–water partition coefficient (Wildman–Crippen LogP) is 2.96. The summed E-state index contributed by atoms with van der Waals surface area (Å²) >= 11 is 5.87. The number of rotatable bonds is 7. The molecule has 0 aromatic heterocycles. The van der Waals surface area contributed by atoms with Gasteiger partial charge in [-0.15, -0.1) is 24.0 Å². The van der Waals surface area contributed by atoms with Crippen LogP contribution in [0.25, 0.3) is 0 Å². The monoisotopic (exact) mass is 424 g/mol. The smallest absolute Gasteiger partial charge is 0.191 e. The lowest BCUT2D eigenvalue weighted by Gasteiger charge is -2.13. The highest BCUT2D eigenvalue weighted by Crippen LogP contribution is 2.09. The normalized spacial score (nSPS) is 11.2. The minimum atomic E-state index is 0. The minimum absolute atomic E-state index is 0. The first-order chi connectivity index (χ1) is 9.61. The second-order valence-electron chi connectivity index (χ2n) is 4.91. The first-order valence-corrected chi connectivity index (χ1v) is 7.41. The Balaban J connectivity index is 0.00000400. The Morgan fingerprint density at radius 2 is 1.86 bits per heavy atom. The highest BCUT2D eigenvalue weighted by atomic mass is 127. The molecule has 0 heterocycles. The van der Waals surface area contributed by atoms with Crippen molar-refractivity contribution in [2.24, 2.45) is 4.99 Å². The van der Waals surface area contributed by atoms with Crippen LogP contribution in [0.3, 0.4) is 0 Å². The van der Waals surface area contributed by atoms with Gasteiger partial charge in [0.05, 0.1) is 6.54 Å². The fraction of sp³-hybridized carbons (Fsp3) is 0.533. The third-order valence-electron chi connectivity index (χ3n) is 2.75. The zero-order chi connectivity index (χ0) is 14.8. The lowest BCUT2D eigenvalue weighted by molar-refractivity contribution is 0.399. The van der Waals surface area contributed by atoms with Crippen LogP contribution in [-0.4, -0.2) is 44.6 Å². The molecule has 6 heteroatoms. The zero-order valence-electron chi connectivity index (χ0n) is 13.0. The van der Waals surface area contributed by atoms with E-state index >= 15 is 0 Å². The van der Waals surface area contributed by atoms with Gasteiger partial charge in [-0.1, -0.05) is 23.7 Å². The van der Waals surface area contributed by atoms with E-state index in [4.69, 9.17) is 11.6 Å². The van der Waals surface area contributed by atoms with Crippen LogP contribution in [-0.2, 0) is 6.54 Å². The average Bonchev–Trinajstić information content (AvgIpc) is 2.42. The molecule has 2 N–H and O–H groups in total. The summed E-state index contributed by atoms with van der Waals surface area (Å²) in [5, 5.41) is 7.35. The quantitative estimate of drug-likeness (QED) is 0.306. The van der Waals surface area contributed by atoms with Gasteiger partial charge in [-0.05, 0) is 51.7 Å². The zero-order valence-corrected chi connectivity index (χ0v) is 16.1. The van der Waals surface area contributed by atoms with E-state index in [2.05, 4.69) is 41.5 Å². The molecule has 1 rings (SSSR count). The third-order valence-corrected chi connectivity index (χ3v) is 3.00. The Kier molecular flexibility index (Phi) is 11.8. The molecule has 0 spiro atoms. The van der Waals surface area contributed by atoms with Crippen molar-refractivity contribution in [1.29, 1.82) is 0 Å². The van der Waals surface area contributed by atoms with E-state index in [-0.39, 0.29) is 24.0 Å². The molecule has 0 radical (unpaired) electrons. The van der Waals surface area contributed by atoms with E-state index in [1.54, 1.807) is 0 Å². The molecule has 0 amide bonds. The number of nitrogens with one attached hydrogen (secondary N) is 2. The van der Waals surface area contributed by atoms with Crippen molar-refractivity contribution < 1.29 is 0 Å². The second-order valence-corrected chi connectivity index (χ2v) is 5.34. The van der Waals surface area contributed by atoms with Crippen LogP contribution in [0.15, 0.2) is 29.3 Å². The predicted molar refractivity (Wildman–Crippen MR) is 103 cm³/mol. The molecule has 0 unspecified atom stereocenters. The number of halogens is 2. The van der Waals surface area contributed by atoms with Gasteiger partial charge in [0, 0.05) is 18.1 Å².